The first kappa shape index (κ1) is 9.13. The highest BCUT2D eigenvalue weighted by Gasteiger charge is 2.12. The van der Waals surface area contributed by atoms with E-state index in [-0.39, 0.29) is 6.29 Å². The fourth-order valence-corrected chi connectivity index (χ4v) is 1.43. The van der Waals surface area contributed by atoms with Gasteiger partial charge in [-0.05, 0) is 31.1 Å². The van der Waals surface area contributed by atoms with Gasteiger partial charge in [-0.15, -0.1) is 0 Å². The lowest BCUT2D eigenvalue weighted by molar-refractivity contribution is -0.0419. The van der Waals surface area contributed by atoms with Crippen molar-refractivity contribution in [2.75, 3.05) is 0 Å². The first-order chi connectivity index (χ1) is 6.86. The standard InChI is InChI=1S/C12H14O2/c1-10-6-2-3-7-11(10)14-12-8-4-5-9-13-12/h2-3,5-7,9,12H,4,8H2,1H3. The van der Waals surface area contributed by atoms with E-state index in [1.54, 1.807) is 6.26 Å². The van der Waals surface area contributed by atoms with E-state index in [0.717, 1.165) is 24.2 Å². The summed E-state index contributed by atoms with van der Waals surface area (Å²) in [4.78, 5) is 0. The Bertz CT molecular complexity index is 331. The van der Waals surface area contributed by atoms with Crippen LogP contribution < -0.4 is 4.74 Å². The van der Waals surface area contributed by atoms with Gasteiger partial charge in [-0.3, -0.25) is 0 Å². The highest BCUT2D eigenvalue weighted by molar-refractivity contribution is 5.31. The average Bonchev–Trinajstić information content (AvgIpc) is 2.23. The van der Waals surface area contributed by atoms with Gasteiger partial charge >= 0.3 is 0 Å². The second-order valence-electron chi connectivity index (χ2n) is 3.40. The summed E-state index contributed by atoms with van der Waals surface area (Å²) in [5.74, 6) is 0.910. The smallest absolute Gasteiger partial charge is 0.240 e. The SMILES string of the molecule is Cc1ccccc1OC1CCC=CO1. The van der Waals surface area contributed by atoms with E-state index in [0.29, 0.717) is 0 Å². The topological polar surface area (TPSA) is 18.5 Å². The molecule has 0 aliphatic carbocycles. The van der Waals surface area contributed by atoms with Crippen molar-refractivity contribution in [1.29, 1.82) is 0 Å². The molecule has 1 unspecified atom stereocenters. The number of para-hydroxylation sites is 1. The molecular formula is C12H14O2. The molecule has 0 saturated carbocycles. The largest absolute Gasteiger partial charge is 0.463 e. The molecule has 0 saturated heterocycles. The Kier molecular flexibility index (Phi) is 2.73. The average molecular weight is 190 g/mol. The fourth-order valence-electron chi connectivity index (χ4n) is 1.43. The van der Waals surface area contributed by atoms with Crippen LogP contribution in [0.15, 0.2) is 36.6 Å². The summed E-state index contributed by atoms with van der Waals surface area (Å²) in [6, 6.07) is 7.98. The van der Waals surface area contributed by atoms with Gasteiger partial charge in [0.05, 0.1) is 6.26 Å². The van der Waals surface area contributed by atoms with Crippen molar-refractivity contribution in [1.82, 2.24) is 0 Å². The fraction of sp³-hybridized carbons (Fsp3) is 0.333. The van der Waals surface area contributed by atoms with Crippen LogP contribution in [0, 0.1) is 6.92 Å². The molecule has 14 heavy (non-hydrogen) atoms. The van der Waals surface area contributed by atoms with Crippen LogP contribution in [0.4, 0.5) is 0 Å². The molecule has 0 aromatic heterocycles. The normalized spacial score (nSPS) is 20.2. The van der Waals surface area contributed by atoms with Crippen molar-refractivity contribution in [2.24, 2.45) is 0 Å². The molecule has 1 aliphatic heterocycles. The minimum atomic E-state index is -0.124. The number of ether oxygens (including phenoxy) is 2. The predicted octanol–water partition coefficient (Wildman–Crippen LogP) is 3.02. The van der Waals surface area contributed by atoms with Gasteiger partial charge in [0.25, 0.3) is 0 Å². The lowest BCUT2D eigenvalue weighted by Crippen LogP contribution is -2.20. The number of benzene rings is 1. The van der Waals surface area contributed by atoms with Crippen molar-refractivity contribution in [3.05, 3.63) is 42.2 Å². The molecule has 2 rings (SSSR count). The van der Waals surface area contributed by atoms with Crippen LogP contribution in [0.5, 0.6) is 5.75 Å². The van der Waals surface area contributed by atoms with Crippen molar-refractivity contribution >= 4 is 0 Å². The molecule has 1 aromatic carbocycles. The maximum Gasteiger partial charge on any atom is 0.240 e. The van der Waals surface area contributed by atoms with Gasteiger partial charge in [-0.1, -0.05) is 18.2 Å². The van der Waals surface area contributed by atoms with Crippen LogP contribution in [0.3, 0.4) is 0 Å². The van der Waals surface area contributed by atoms with Gasteiger partial charge in [0.15, 0.2) is 0 Å². The molecule has 0 spiro atoms. The van der Waals surface area contributed by atoms with Crippen molar-refractivity contribution in [3.8, 4) is 5.75 Å². The van der Waals surface area contributed by atoms with E-state index in [1.165, 1.54) is 0 Å². The second-order valence-corrected chi connectivity index (χ2v) is 3.40. The molecule has 1 atom stereocenters. The molecule has 1 aliphatic rings. The third-order valence-corrected chi connectivity index (χ3v) is 2.25. The Morgan fingerprint density at radius 3 is 2.93 bits per heavy atom. The van der Waals surface area contributed by atoms with Crippen molar-refractivity contribution in [2.45, 2.75) is 26.1 Å². The zero-order valence-electron chi connectivity index (χ0n) is 8.27. The van der Waals surface area contributed by atoms with Gasteiger partial charge in [0.1, 0.15) is 5.75 Å². The van der Waals surface area contributed by atoms with Crippen LogP contribution in [0.1, 0.15) is 18.4 Å². The minimum absolute atomic E-state index is 0.124. The molecule has 0 N–H and O–H groups in total. The summed E-state index contributed by atoms with van der Waals surface area (Å²) >= 11 is 0. The summed E-state index contributed by atoms with van der Waals surface area (Å²) in [5, 5.41) is 0. The molecule has 2 nitrogen and oxygen atoms in total. The zero-order valence-corrected chi connectivity index (χ0v) is 8.27. The van der Waals surface area contributed by atoms with E-state index in [4.69, 9.17) is 9.47 Å². The van der Waals surface area contributed by atoms with Crippen molar-refractivity contribution < 1.29 is 9.47 Å². The number of rotatable bonds is 2. The Labute approximate surface area is 84.2 Å². The number of hydrogen-bond donors (Lipinski definition) is 0. The molecule has 2 heteroatoms. The zero-order chi connectivity index (χ0) is 9.80. The van der Waals surface area contributed by atoms with E-state index in [1.807, 2.05) is 37.3 Å². The molecule has 1 heterocycles. The van der Waals surface area contributed by atoms with E-state index >= 15 is 0 Å². The Hall–Kier alpha value is -1.44. The Morgan fingerprint density at radius 1 is 1.36 bits per heavy atom. The summed E-state index contributed by atoms with van der Waals surface area (Å²) in [6.07, 6.45) is 5.55. The third kappa shape index (κ3) is 2.08. The Morgan fingerprint density at radius 2 is 2.21 bits per heavy atom. The first-order valence-electron chi connectivity index (χ1n) is 4.89. The monoisotopic (exact) mass is 190 g/mol. The van der Waals surface area contributed by atoms with E-state index in [9.17, 15) is 0 Å². The molecular weight excluding hydrogens is 176 g/mol. The molecule has 74 valence electrons. The highest BCUT2D eigenvalue weighted by Crippen LogP contribution is 2.21. The van der Waals surface area contributed by atoms with Gasteiger partial charge in [-0.2, -0.15) is 0 Å². The lowest BCUT2D eigenvalue weighted by atomic mass is 10.2. The van der Waals surface area contributed by atoms with Crippen LogP contribution in [0.2, 0.25) is 0 Å². The van der Waals surface area contributed by atoms with Gasteiger partial charge < -0.3 is 9.47 Å². The van der Waals surface area contributed by atoms with Crippen LogP contribution >= 0.6 is 0 Å². The number of hydrogen-bond acceptors (Lipinski definition) is 2. The van der Waals surface area contributed by atoms with Crippen molar-refractivity contribution in [3.63, 3.8) is 0 Å². The maximum atomic E-state index is 5.71. The summed E-state index contributed by atoms with van der Waals surface area (Å²) < 4.78 is 11.0. The van der Waals surface area contributed by atoms with Gasteiger partial charge in [-0.25, -0.2) is 0 Å². The van der Waals surface area contributed by atoms with E-state index < -0.39 is 0 Å². The quantitative estimate of drug-likeness (QED) is 0.713. The third-order valence-electron chi connectivity index (χ3n) is 2.25. The maximum absolute atomic E-state index is 5.71. The molecule has 0 amide bonds. The van der Waals surface area contributed by atoms with Crippen LogP contribution in [-0.4, -0.2) is 6.29 Å². The molecule has 0 radical (unpaired) electrons. The number of aryl methyl sites for hydroxylation is 1. The predicted molar refractivity (Wildman–Crippen MR) is 55.1 cm³/mol. The van der Waals surface area contributed by atoms with Crippen LogP contribution in [0.25, 0.3) is 0 Å². The molecule has 0 bridgehead atoms. The summed E-state index contributed by atoms with van der Waals surface area (Å²) in [5.41, 5.74) is 1.14. The molecule has 1 aromatic rings. The first-order valence-corrected chi connectivity index (χ1v) is 4.89. The van der Waals surface area contributed by atoms with Crippen LogP contribution in [-0.2, 0) is 4.74 Å². The lowest BCUT2D eigenvalue weighted by Gasteiger charge is -2.21. The van der Waals surface area contributed by atoms with E-state index in [2.05, 4.69) is 0 Å². The minimum Gasteiger partial charge on any atom is -0.463 e. The second kappa shape index (κ2) is 4.18. The molecule has 0 fully saturated rings. The highest BCUT2D eigenvalue weighted by atomic mass is 16.7. The number of allylic oxidation sites excluding steroid dienone is 1. The van der Waals surface area contributed by atoms with Gasteiger partial charge in [0, 0.05) is 6.42 Å². The summed E-state index contributed by atoms with van der Waals surface area (Å²) in [7, 11) is 0. The Balaban J connectivity index is 2.03. The summed E-state index contributed by atoms with van der Waals surface area (Å²) in [6.45, 7) is 2.04. The van der Waals surface area contributed by atoms with Gasteiger partial charge in [0.2, 0.25) is 6.29 Å².